The van der Waals surface area contributed by atoms with Gasteiger partial charge in [0.25, 0.3) is 0 Å². The van der Waals surface area contributed by atoms with E-state index in [0.717, 1.165) is 22.4 Å². The van der Waals surface area contributed by atoms with E-state index in [1.165, 1.54) is 0 Å². The Bertz CT molecular complexity index is 1210. The van der Waals surface area contributed by atoms with Crippen LogP contribution in [-0.4, -0.2) is 40.8 Å². The van der Waals surface area contributed by atoms with E-state index in [1.54, 1.807) is 21.3 Å². The highest BCUT2D eigenvalue weighted by Gasteiger charge is 2.14. The first-order valence-electron chi connectivity index (χ1n) is 9.63. The van der Waals surface area contributed by atoms with Crippen LogP contribution in [0.1, 0.15) is 5.69 Å². The van der Waals surface area contributed by atoms with Crippen LogP contribution in [0.15, 0.2) is 42.5 Å². The highest BCUT2D eigenvalue weighted by atomic mass is 16.5. The number of imidazole rings is 1. The second-order valence-corrected chi connectivity index (χ2v) is 6.87. The molecule has 0 unspecified atom stereocenters. The lowest BCUT2D eigenvalue weighted by Crippen LogP contribution is -2.06. The van der Waals surface area contributed by atoms with Crippen LogP contribution in [0.25, 0.3) is 11.0 Å². The lowest BCUT2D eigenvalue weighted by molar-refractivity contribution is 0.324. The third-order valence-electron chi connectivity index (χ3n) is 4.80. The molecule has 0 saturated heterocycles. The van der Waals surface area contributed by atoms with Crippen molar-refractivity contribution in [2.45, 2.75) is 6.92 Å². The van der Waals surface area contributed by atoms with Gasteiger partial charge in [0.15, 0.2) is 11.5 Å². The maximum Gasteiger partial charge on any atom is 0.231 e. The zero-order valence-electron chi connectivity index (χ0n) is 18.1. The predicted octanol–water partition coefficient (Wildman–Crippen LogP) is 4.18. The van der Waals surface area contributed by atoms with Crippen LogP contribution < -0.4 is 24.8 Å². The van der Waals surface area contributed by atoms with Crippen molar-refractivity contribution >= 4 is 34.4 Å². The van der Waals surface area contributed by atoms with Gasteiger partial charge < -0.3 is 24.1 Å². The van der Waals surface area contributed by atoms with Gasteiger partial charge in [0.2, 0.25) is 17.6 Å². The van der Waals surface area contributed by atoms with Crippen molar-refractivity contribution in [1.82, 2.24) is 19.5 Å². The summed E-state index contributed by atoms with van der Waals surface area (Å²) in [5.74, 6) is 3.34. The first-order chi connectivity index (χ1) is 15.0. The van der Waals surface area contributed by atoms with E-state index in [1.807, 2.05) is 61.0 Å². The van der Waals surface area contributed by atoms with E-state index in [4.69, 9.17) is 14.2 Å². The molecule has 2 aromatic heterocycles. The Balaban J connectivity index is 1.64. The van der Waals surface area contributed by atoms with Crippen LogP contribution in [0.2, 0.25) is 0 Å². The quantitative estimate of drug-likeness (QED) is 0.460. The largest absolute Gasteiger partial charge is 0.493 e. The molecule has 4 rings (SSSR count). The summed E-state index contributed by atoms with van der Waals surface area (Å²) in [5.41, 5.74) is 3.46. The molecule has 0 aliphatic carbocycles. The molecule has 9 heteroatoms. The van der Waals surface area contributed by atoms with Gasteiger partial charge in [-0.05, 0) is 19.1 Å². The number of hydrogen-bond donors (Lipinski definition) is 2. The fraction of sp³-hybridized carbons (Fsp3) is 0.227. The Hall–Kier alpha value is -4.01. The molecule has 0 fully saturated rings. The van der Waals surface area contributed by atoms with Gasteiger partial charge in [0.05, 0.1) is 32.4 Å². The smallest absolute Gasteiger partial charge is 0.231 e. The zero-order valence-corrected chi connectivity index (χ0v) is 18.1. The Morgan fingerprint density at radius 2 is 1.55 bits per heavy atom. The number of ether oxygens (including phenoxy) is 3. The third kappa shape index (κ3) is 4.02. The minimum absolute atomic E-state index is 0.438. The van der Waals surface area contributed by atoms with Crippen molar-refractivity contribution in [3.63, 3.8) is 0 Å². The number of aryl methyl sites for hydroxylation is 2. The lowest BCUT2D eigenvalue weighted by atomic mass is 10.2. The molecule has 160 valence electrons. The Labute approximate surface area is 180 Å². The van der Waals surface area contributed by atoms with Crippen LogP contribution >= 0.6 is 0 Å². The number of aromatic nitrogens is 4. The average molecular weight is 420 g/mol. The third-order valence-corrected chi connectivity index (χ3v) is 4.80. The van der Waals surface area contributed by atoms with E-state index >= 15 is 0 Å². The number of methoxy groups -OCH3 is 3. The maximum absolute atomic E-state index is 5.42. The second kappa shape index (κ2) is 8.39. The molecule has 0 bridgehead atoms. The highest BCUT2D eigenvalue weighted by Crippen LogP contribution is 2.40. The molecule has 0 saturated carbocycles. The predicted molar refractivity (Wildman–Crippen MR) is 120 cm³/mol. The summed E-state index contributed by atoms with van der Waals surface area (Å²) in [7, 11) is 6.67. The van der Waals surface area contributed by atoms with E-state index in [2.05, 4.69) is 25.6 Å². The van der Waals surface area contributed by atoms with Gasteiger partial charge in [-0.3, -0.25) is 5.32 Å². The molecule has 0 atom stereocenters. The standard InChI is InChI=1S/C22H24N6O3/c1-13-10-19(24-14-11-17(29-3)20(31-5)18(12-14)30-4)26-21(23-13)27-22-25-15-8-6-7-9-16(15)28(22)2/h6-12H,1-5H3,(H2,23,24,25,26,27). The minimum atomic E-state index is 0.438. The second-order valence-electron chi connectivity index (χ2n) is 6.87. The van der Waals surface area contributed by atoms with Crippen molar-refractivity contribution in [3.05, 3.63) is 48.2 Å². The van der Waals surface area contributed by atoms with Crippen molar-refractivity contribution in [2.75, 3.05) is 32.0 Å². The molecule has 0 amide bonds. The maximum atomic E-state index is 5.42. The van der Waals surface area contributed by atoms with Crippen molar-refractivity contribution in [3.8, 4) is 17.2 Å². The summed E-state index contributed by atoms with van der Waals surface area (Å²) in [5, 5.41) is 6.49. The first-order valence-corrected chi connectivity index (χ1v) is 9.63. The van der Waals surface area contributed by atoms with Crippen LogP contribution in [-0.2, 0) is 7.05 Å². The van der Waals surface area contributed by atoms with Crippen LogP contribution in [0.5, 0.6) is 17.2 Å². The summed E-state index contributed by atoms with van der Waals surface area (Å²) >= 11 is 0. The van der Waals surface area contributed by atoms with Gasteiger partial charge in [0.1, 0.15) is 5.82 Å². The molecular formula is C22H24N6O3. The van der Waals surface area contributed by atoms with Gasteiger partial charge in [-0.25, -0.2) is 9.97 Å². The van der Waals surface area contributed by atoms with Gasteiger partial charge in [-0.1, -0.05) is 12.1 Å². The molecule has 0 radical (unpaired) electrons. The number of para-hydroxylation sites is 2. The molecule has 0 aliphatic heterocycles. The fourth-order valence-electron chi connectivity index (χ4n) is 3.35. The molecule has 31 heavy (non-hydrogen) atoms. The Morgan fingerprint density at radius 3 is 2.19 bits per heavy atom. The lowest BCUT2D eigenvalue weighted by Gasteiger charge is -2.15. The molecule has 2 N–H and O–H groups in total. The molecule has 2 heterocycles. The Morgan fingerprint density at radius 1 is 0.839 bits per heavy atom. The van der Waals surface area contributed by atoms with Gasteiger partial charge in [0, 0.05) is 36.6 Å². The molecule has 2 aromatic carbocycles. The summed E-state index contributed by atoms with van der Waals surface area (Å²) in [6, 6.07) is 13.4. The summed E-state index contributed by atoms with van der Waals surface area (Å²) < 4.78 is 18.2. The van der Waals surface area contributed by atoms with E-state index in [9.17, 15) is 0 Å². The number of rotatable bonds is 7. The van der Waals surface area contributed by atoms with Crippen LogP contribution in [0.3, 0.4) is 0 Å². The van der Waals surface area contributed by atoms with E-state index < -0.39 is 0 Å². The van der Waals surface area contributed by atoms with Crippen LogP contribution in [0, 0.1) is 6.92 Å². The van der Waals surface area contributed by atoms with Crippen molar-refractivity contribution < 1.29 is 14.2 Å². The number of nitrogens with zero attached hydrogens (tertiary/aromatic N) is 4. The zero-order chi connectivity index (χ0) is 22.0. The number of fused-ring (bicyclic) bond motifs is 1. The molecular weight excluding hydrogens is 396 g/mol. The summed E-state index contributed by atoms with van der Waals surface area (Å²) in [4.78, 5) is 13.7. The minimum Gasteiger partial charge on any atom is -0.493 e. The molecule has 0 aliphatic rings. The molecule has 9 nitrogen and oxygen atoms in total. The van der Waals surface area contributed by atoms with Gasteiger partial charge >= 0.3 is 0 Å². The molecule has 0 spiro atoms. The monoisotopic (exact) mass is 420 g/mol. The van der Waals surface area contributed by atoms with Gasteiger partial charge in [-0.15, -0.1) is 0 Å². The van der Waals surface area contributed by atoms with E-state index in [-0.39, 0.29) is 0 Å². The average Bonchev–Trinajstić information content (AvgIpc) is 3.08. The topological polar surface area (TPSA) is 95.4 Å². The summed E-state index contributed by atoms with van der Waals surface area (Å²) in [6.07, 6.45) is 0. The first kappa shape index (κ1) is 20.3. The highest BCUT2D eigenvalue weighted by molar-refractivity contribution is 5.79. The fourth-order valence-corrected chi connectivity index (χ4v) is 3.35. The number of anilines is 4. The summed E-state index contributed by atoms with van der Waals surface area (Å²) in [6.45, 7) is 1.90. The SMILES string of the molecule is COc1cc(Nc2cc(C)nc(Nc3nc4ccccc4n3C)n2)cc(OC)c1OC. The normalized spacial score (nSPS) is 10.7. The number of hydrogen-bond acceptors (Lipinski definition) is 8. The van der Waals surface area contributed by atoms with Gasteiger partial charge in [-0.2, -0.15) is 4.98 Å². The Kier molecular flexibility index (Phi) is 5.48. The van der Waals surface area contributed by atoms with E-state index in [0.29, 0.717) is 35.0 Å². The number of benzene rings is 2. The number of nitrogens with one attached hydrogen (secondary N) is 2. The van der Waals surface area contributed by atoms with Crippen molar-refractivity contribution in [1.29, 1.82) is 0 Å². The van der Waals surface area contributed by atoms with Crippen molar-refractivity contribution in [2.24, 2.45) is 7.05 Å². The molecule has 4 aromatic rings. The van der Waals surface area contributed by atoms with Crippen LogP contribution in [0.4, 0.5) is 23.4 Å².